The van der Waals surface area contributed by atoms with Gasteiger partial charge in [0.1, 0.15) is 0 Å². The predicted octanol–water partition coefficient (Wildman–Crippen LogP) is 3.00. The zero-order valence-corrected chi connectivity index (χ0v) is 9.34. The third kappa shape index (κ3) is 2.45. The van der Waals surface area contributed by atoms with Crippen molar-refractivity contribution in [3.05, 3.63) is 41.1 Å². The maximum atomic E-state index is 12.9. The van der Waals surface area contributed by atoms with Crippen LogP contribution in [0, 0.1) is 17.5 Å². The second-order valence-corrected chi connectivity index (χ2v) is 3.59. The Balaban J connectivity index is 2.37. The SMILES string of the molecule is Oc1cnc(Cl)nc1Nc1cc(F)c(F)c(F)c1. The zero-order chi connectivity index (χ0) is 13.3. The summed E-state index contributed by atoms with van der Waals surface area (Å²) in [6.07, 6.45) is 1.01. The molecule has 0 aliphatic carbocycles. The lowest BCUT2D eigenvalue weighted by Crippen LogP contribution is -1.99. The highest BCUT2D eigenvalue weighted by Gasteiger charge is 2.12. The average Bonchev–Trinajstić information content (AvgIpc) is 2.31. The Bertz CT molecular complexity index is 586. The van der Waals surface area contributed by atoms with Crippen LogP contribution < -0.4 is 5.32 Å². The van der Waals surface area contributed by atoms with Crippen molar-refractivity contribution >= 4 is 23.1 Å². The molecule has 1 aromatic heterocycles. The maximum Gasteiger partial charge on any atom is 0.224 e. The number of hydrogen-bond acceptors (Lipinski definition) is 4. The van der Waals surface area contributed by atoms with E-state index < -0.39 is 17.5 Å². The van der Waals surface area contributed by atoms with Gasteiger partial charge in [-0.2, -0.15) is 4.98 Å². The first-order valence-electron chi connectivity index (χ1n) is 4.60. The molecule has 0 saturated heterocycles. The van der Waals surface area contributed by atoms with E-state index in [1.54, 1.807) is 0 Å². The highest BCUT2D eigenvalue weighted by Crippen LogP contribution is 2.26. The molecule has 8 heteroatoms. The fraction of sp³-hybridized carbons (Fsp3) is 0. The fourth-order valence-corrected chi connectivity index (χ4v) is 1.34. The third-order valence-corrected chi connectivity index (χ3v) is 2.17. The number of nitrogens with zero attached hydrogens (tertiary/aromatic N) is 2. The summed E-state index contributed by atoms with van der Waals surface area (Å²) in [6, 6.07) is 1.43. The molecule has 94 valence electrons. The second-order valence-electron chi connectivity index (χ2n) is 3.25. The topological polar surface area (TPSA) is 58.0 Å². The van der Waals surface area contributed by atoms with E-state index in [-0.39, 0.29) is 22.5 Å². The Hall–Kier alpha value is -2.02. The average molecular weight is 276 g/mol. The number of nitrogens with one attached hydrogen (secondary N) is 1. The molecule has 0 atom stereocenters. The lowest BCUT2D eigenvalue weighted by Gasteiger charge is -2.08. The van der Waals surface area contributed by atoms with Gasteiger partial charge in [-0.3, -0.25) is 0 Å². The summed E-state index contributed by atoms with van der Waals surface area (Å²) in [5, 5.41) is 11.6. The smallest absolute Gasteiger partial charge is 0.224 e. The molecule has 0 amide bonds. The largest absolute Gasteiger partial charge is 0.503 e. The molecule has 0 bridgehead atoms. The lowest BCUT2D eigenvalue weighted by molar-refractivity contribution is 0.447. The number of anilines is 2. The van der Waals surface area contributed by atoms with Gasteiger partial charge >= 0.3 is 0 Å². The van der Waals surface area contributed by atoms with Gasteiger partial charge in [0.2, 0.25) is 5.28 Å². The normalized spacial score (nSPS) is 10.4. The van der Waals surface area contributed by atoms with Crippen molar-refractivity contribution in [2.75, 3.05) is 5.32 Å². The highest BCUT2D eigenvalue weighted by molar-refractivity contribution is 6.28. The van der Waals surface area contributed by atoms with Gasteiger partial charge in [-0.1, -0.05) is 0 Å². The molecule has 0 fully saturated rings. The Kier molecular flexibility index (Phi) is 3.24. The van der Waals surface area contributed by atoms with Crippen molar-refractivity contribution in [1.29, 1.82) is 0 Å². The highest BCUT2D eigenvalue weighted by atomic mass is 35.5. The molecule has 0 saturated carbocycles. The van der Waals surface area contributed by atoms with E-state index in [1.165, 1.54) is 0 Å². The molecule has 2 aromatic rings. The molecule has 2 N–H and O–H groups in total. The van der Waals surface area contributed by atoms with E-state index in [4.69, 9.17) is 11.6 Å². The van der Waals surface area contributed by atoms with Gasteiger partial charge in [-0.05, 0) is 11.6 Å². The summed E-state index contributed by atoms with van der Waals surface area (Å²) < 4.78 is 38.6. The van der Waals surface area contributed by atoms with Crippen molar-refractivity contribution in [3.8, 4) is 5.75 Å². The molecule has 0 unspecified atom stereocenters. The summed E-state index contributed by atoms with van der Waals surface area (Å²) in [7, 11) is 0. The molecule has 4 nitrogen and oxygen atoms in total. The Morgan fingerprint density at radius 3 is 2.39 bits per heavy atom. The molecule has 1 aromatic carbocycles. The zero-order valence-electron chi connectivity index (χ0n) is 8.59. The third-order valence-electron chi connectivity index (χ3n) is 1.99. The van der Waals surface area contributed by atoms with E-state index in [1.807, 2.05) is 0 Å². The number of benzene rings is 1. The molecule has 2 rings (SSSR count). The first-order chi connectivity index (χ1) is 8.47. The van der Waals surface area contributed by atoms with Crippen LogP contribution in [0.3, 0.4) is 0 Å². The van der Waals surface area contributed by atoms with Crippen molar-refractivity contribution in [1.82, 2.24) is 9.97 Å². The maximum absolute atomic E-state index is 12.9. The van der Waals surface area contributed by atoms with Crippen LogP contribution in [0.4, 0.5) is 24.7 Å². The number of halogens is 4. The summed E-state index contributed by atoms with van der Waals surface area (Å²) in [5.41, 5.74) is -0.128. The van der Waals surface area contributed by atoms with Crippen LogP contribution in [0.1, 0.15) is 0 Å². The lowest BCUT2D eigenvalue weighted by atomic mass is 10.3. The number of hydrogen-bond donors (Lipinski definition) is 2. The van der Waals surface area contributed by atoms with E-state index in [0.29, 0.717) is 12.1 Å². The molecular formula is C10H5ClF3N3O. The van der Waals surface area contributed by atoms with E-state index in [2.05, 4.69) is 15.3 Å². The van der Waals surface area contributed by atoms with Gasteiger partial charge in [0, 0.05) is 17.8 Å². The standard InChI is InChI=1S/C10H5ClF3N3O/c11-10-15-3-7(18)9(17-10)16-4-1-5(12)8(14)6(13)2-4/h1-3,18H,(H,15,16,17). The van der Waals surface area contributed by atoms with Gasteiger partial charge in [0.05, 0.1) is 6.20 Å². The van der Waals surface area contributed by atoms with Crippen LogP contribution >= 0.6 is 11.6 Å². The number of rotatable bonds is 2. The molecule has 18 heavy (non-hydrogen) atoms. The van der Waals surface area contributed by atoms with E-state index in [0.717, 1.165) is 6.20 Å². The van der Waals surface area contributed by atoms with E-state index in [9.17, 15) is 18.3 Å². The quantitative estimate of drug-likeness (QED) is 0.653. The minimum absolute atomic E-state index is 0.128. The van der Waals surface area contributed by atoms with Gasteiger partial charge in [-0.25, -0.2) is 18.2 Å². The first kappa shape index (κ1) is 12.4. The monoisotopic (exact) mass is 275 g/mol. The van der Waals surface area contributed by atoms with Crippen LogP contribution in [0.5, 0.6) is 5.75 Å². The Morgan fingerprint density at radius 2 is 1.78 bits per heavy atom. The van der Waals surface area contributed by atoms with Crippen LogP contribution in [-0.2, 0) is 0 Å². The molecule has 0 radical (unpaired) electrons. The fourth-order valence-electron chi connectivity index (χ4n) is 1.21. The summed E-state index contributed by atoms with van der Waals surface area (Å²) in [6.45, 7) is 0. The molecular weight excluding hydrogens is 271 g/mol. The predicted molar refractivity (Wildman–Crippen MR) is 58.3 cm³/mol. The minimum Gasteiger partial charge on any atom is -0.503 e. The molecule has 0 spiro atoms. The second kappa shape index (κ2) is 4.69. The summed E-state index contributed by atoms with van der Waals surface area (Å²) in [4.78, 5) is 7.09. The Morgan fingerprint density at radius 1 is 1.17 bits per heavy atom. The summed E-state index contributed by atoms with van der Waals surface area (Å²) in [5.74, 6) is -4.83. The van der Waals surface area contributed by atoms with Gasteiger partial charge in [0.25, 0.3) is 0 Å². The molecule has 0 aliphatic rings. The number of aromatic nitrogens is 2. The van der Waals surface area contributed by atoms with Crippen LogP contribution in [-0.4, -0.2) is 15.1 Å². The molecule has 0 aliphatic heterocycles. The van der Waals surface area contributed by atoms with Crippen LogP contribution in [0.2, 0.25) is 5.28 Å². The summed E-state index contributed by atoms with van der Waals surface area (Å²) >= 11 is 5.49. The van der Waals surface area contributed by atoms with Crippen LogP contribution in [0.25, 0.3) is 0 Å². The van der Waals surface area contributed by atoms with Crippen LogP contribution in [0.15, 0.2) is 18.3 Å². The van der Waals surface area contributed by atoms with Crippen molar-refractivity contribution < 1.29 is 18.3 Å². The first-order valence-corrected chi connectivity index (χ1v) is 4.98. The van der Waals surface area contributed by atoms with E-state index >= 15 is 0 Å². The van der Waals surface area contributed by atoms with Crippen molar-refractivity contribution in [2.24, 2.45) is 0 Å². The van der Waals surface area contributed by atoms with Crippen molar-refractivity contribution in [3.63, 3.8) is 0 Å². The Labute approximate surface area is 104 Å². The van der Waals surface area contributed by atoms with Crippen molar-refractivity contribution in [2.45, 2.75) is 0 Å². The van der Waals surface area contributed by atoms with Gasteiger partial charge in [0.15, 0.2) is 29.0 Å². The van der Waals surface area contributed by atoms with Gasteiger partial charge < -0.3 is 10.4 Å². The molecule has 1 heterocycles. The van der Waals surface area contributed by atoms with Gasteiger partial charge in [-0.15, -0.1) is 0 Å². The minimum atomic E-state index is -1.58. The number of aromatic hydroxyl groups is 1.